The molecule has 2 aromatic rings. The highest BCUT2D eigenvalue weighted by atomic mass is 19.1. The average molecular weight is 409 g/mol. The minimum absolute atomic E-state index is 0.112. The van der Waals surface area contributed by atoms with Gasteiger partial charge < -0.3 is 20.3 Å². The van der Waals surface area contributed by atoms with Gasteiger partial charge in [-0.15, -0.1) is 0 Å². The number of fused-ring (bicyclic) bond motifs is 1. The van der Waals surface area contributed by atoms with Gasteiger partial charge in [-0.1, -0.05) is 0 Å². The highest BCUT2D eigenvalue weighted by molar-refractivity contribution is 5.95. The lowest BCUT2D eigenvalue weighted by Gasteiger charge is -2.26. The second-order valence-corrected chi connectivity index (χ2v) is 8.37. The summed E-state index contributed by atoms with van der Waals surface area (Å²) in [6.07, 6.45) is 0.163. The number of pyridine rings is 1. The number of carboxylic acids is 1. The Kier molecular flexibility index (Phi) is 4.41. The summed E-state index contributed by atoms with van der Waals surface area (Å²) in [4.78, 5) is 25.8. The molecule has 29 heavy (non-hydrogen) atoms. The summed E-state index contributed by atoms with van der Waals surface area (Å²) in [5, 5.41) is 9.23. The molecule has 3 N–H and O–H groups in total. The molecule has 1 aliphatic carbocycles. The van der Waals surface area contributed by atoms with Gasteiger partial charge in [-0.3, -0.25) is 9.18 Å². The molecule has 6 nitrogen and oxygen atoms in total. The Morgan fingerprint density at radius 2 is 2.10 bits per heavy atom. The van der Waals surface area contributed by atoms with Gasteiger partial charge in [0, 0.05) is 42.6 Å². The number of benzene rings is 1. The van der Waals surface area contributed by atoms with Gasteiger partial charge >= 0.3 is 5.97 Å². The SMILES string of the molecule is Cc1c(N2CC(CF)C(C)(N)C2)c(F)cc2c(=O)c(C(=O)O)cn(C3CC3F)c12. The Morgan fingerprint density at radius 3 is 2.62 bits per heavy atom. The molecule has 2 fully saturated rings. The van der Waals surface area contributed by atoms with Crippen LogP contribution in [0, 0.1) is 18.7 Å². The molecule has 0 radical (unpaired) electrons. The van der Waals surface area contributed by atoms with E-state index in [1.807, 2.05) is 0 Å². The number of aromatic carboxylic acids is 1. The summed E-state index contributed by atoms with van der Waals surface area (Å²) in [6.45, 7) is 3.09. The predicted octanol–water partition coefficient (Wildman–Crippen LogP) is 2.55. The summed E-state index contributed by atoms with van der Waals surface area (Å²) in [5.41, 5.74) is 4.83. The van der Waals surface area contributed by atoms with Crippen molar-refractivity contribution in [3.8, 4) is 0 Å². The predicted molar refractivity (Wildman–Crippen MR) is 103 cm³/mol. The molecule has 0 amide bonds. The number of hydrogen-bond donors (Lipinski definition) is 2. The van der Waals surface area contributed by atoms with Crippen LogP contribution in [0.5, 0.6) is 0 Å². The number of nitrogens with two attached hydrogens (primary N) is 1. The van der Waals surface area contributed by atoms with Crippen LogP contribution in [-0.4, -0.2) is 47.1 Å². The van der Waals surface area contributed by atoms with E-state index in [0.717, 1.165) is 12.3 Å². The zero-order valence-electron chi connectivity index (χ0n) is 16.1. The van der Waals surface area contributed by atoms with Gasteiger partial charge in [0.2, 0.25) is 5.43 Å². The van der Waals surface area contributed by atoms with Crippen LogP contribution in [0.1, 0.15) is 35.3 Å². The number of alkyl halides is 2. The Labute approximate surface area is 164 Å². The van der Waals surface area contributed by atoms with Gasteiger partial charge in [-0.25, -0.2) is 13.6 Å². The first kappa shape index (κ1) is 19.8. The van der Waals surface area contributed by atoms with Gasteiger partial charge in [0.05, 0.1) is 23.9 Å². The quantitative estimate of drug-likeness (QED) is 0.810. The van der Waals surface area contributed by atoms with Crippen molar-refractivity contribution in [3.05, 3.63) is 39.4 Å². The van der Waals surface area contributed by atoms with E-state index in [-0.39, 0.29) is 30.6 Å². The van der Waals surface area contributed by atoms with Gasteiger partial charge in [0.1, 0.15) is 17.6 Å². The van der Waals surface area contributed by atoms with Crippen LogP contribution in [0.2, 0.25) is 0 Å². The molecule has 4 unspecified atom stereocenters. The fraction of sp³-hybridized carbons (Fsp3) is 0.500. The van der Waals surface area contributed by atoms with Crippen molar-refractivity contribution in [2.24, 2.45) is 11.7 Å². The van der Waals surface area contributed by atoms with Crippen molar-refractivity contribution in [1.29, 1.82) is 0 Å². The number of rotatable bonds is 4. The van der Waals surface area contributed by atoms with E-state index >= 15 is 4.39 Å². The first-order valence-electron chi connectivity index (χ1n) is 9.42. The maximum absolute atomic E-state index is 15.1. The van der Waals surface area contributed by atoms with Gasteiger partial charge in [-0.05, 0) is 25.5 Å². The van der Waals surface area contributed by atoms with Crippen LogP contribution < -0.4 is 16.1 Å². The van der Waals surface area contributed by atoms with Gasteiger partial charge in [-0.2, -0.15) is 0 Å². The number of aromatic nitrogens is 1. The van der Waals surface area contributed by atoms with Crippen molar-refractivity contribution in [1.82, 2.24) is 4.57 Å². The van der Waals surface area contributed by atoms with E-state index in [0.29, 0.717) is 11.1 Å². The smallest absolute Gasteiger partial charge is 0.341 e. The third-order valence-electron chi connectivity index (χ3n) is 6.15. The fourth-order valence-corrected chi connectivity index (χ4v) is 4.39. The van der Waals surface area contributed by atoms with E-state index in [1.54, 1.807) is 18.7 Å². The molecule has 1 saturated heterocycles. The lowest BCUT2D eigenvalue weighted by Crippen LogP contribution is -2.45. The number of aryl methyl sites for hydroxylation is 1. The summed E-state index contributed by atoms with van der Waals surface area (Å²) in [5.74, 6) is -2.65. The number of halogens is 3. The van der Waals surface area contributed by atoms with Crippen molar-refractivity contribution in [2.75, 3.05) is 24.7 Å². The molecule has 1 aromatic carbocycles. The number of anilines is 1. The van der Waals surface area contributed by atoms with Crippen LogP contribution in [0.4, 0.5) is 18.9 Å². The van der Waals surface area contributed by atoms with E-state index in [2.05, 4.69) is 0 Å². The lowest BCUT2D eigenvalue weighted by molar-refractivity contribution is 0.0694. The molecule has 4 rings (SSSR count). The fourth-order valence-electron chi connectivity index (χ4n) is 4.39. The molecular formula is C20H22F3N3O3. The number of hydrogen-bond acceptors (Lipinski definition) is 4. The van der Waals surface area contributed by atoms with Crippen molar-refractivity contribution >= 4 is 22.6 Å². The largest absolute Gasteiger partial charge is 0.477 e. The molecule has 2 aliphatic rings. The summed E-state index contributed by atoms with van der Waals surface area (Å²) in [6, 6.07) is 0.389. The standard InChI is InChI=1S/C20H22F3N3O3/c1-9-16-11(18(27)12(19(28)29)7-26(16)15-4-13(15)22)3-14(23)17(9)25-6-10(5-21)20(2,24)8-25/h3,7,10,13,15H,4-6,8,24H2,1-2H3,(H,28,29). The Hall–Kier alpha value is -2.55. The molecule has 1 aliphatic heterocycles. The minimum atomic E-state index is -1.45. The molecule has 0 spiro atoms. The zero-order chi connectivity index (χ0) is 21.2. The van der Waals surface area contributed by atoms with Crippen molar-refractivity contribution < 1.29 is 23.1 Å². The number of nitrogens with zero attached hydrogens (tertiary/aromatic N) is 2. The number of carboxylic acid groups (broad SMARTS) is 1. The second kappa shape index (κ2) is 6.48. The maximum atomic E-state index is 15.1. The summed E-state index contributed by atoms with van der Waals surface area (Å²) >= 11 is 0. The monoisotopic (exact) mass is 409 g/mol. The minimum Gasteiger partial charge on any atom is -0.477 e. The molecule has 156 valence electrons. The molecular weight excluding hydrogens is 387 g/mol. The summed E-state index contributed by atoms with van der Waals surface area (Å²) < 4.78 is 43.8. The van der Waals surface area contributed by atoms with Crippen LogP contribution in [-0.2, 0) is 0 Å². The highest BCUT2D eigenvalue weighted by Gasteiger charge is 2.43. The zero-order valence-corrected chi connectivity index (χ0v) is 16.1. The van der Waals surface area contributed by atoms with E-state index < -0.39 is 53.1 Å². The van der Waals surface area contributed by atoms with E-state index in [9.17, 15) is 23.5 Å². The van der Waals surface area contributed by atoms with Crippen molar-refractivity contribution in [3.63, 3.8) is 0 Å². The third-order valence-corrected chi connectivity index (χ3v) is 6.15. The molecule has 9 heteroatoms. The molecule has 0 bridgehead atoms. The van der Waals surface area contributed by atoms with Gasteiger partial charge in [0.15, 0.2) is 0 Å². The van der Waals surface area contributed by atoms with E-state index in [1.165, 1.54) is 4.57 Å². The van der Waals surface area contributed by atoms with Crippen LogP contribution in [0.15, 0.2) is 17.1 Å². The summed E-state index contributed by atoms with van der Waals surface area (Å²) in [7, 11) is 0. The molecule has 1 saturated carbocycles. The first-order valence-corrected chi connectivity index (χ1v) is 9.42. The second-order valence-electron chi connectivity index (χ2n) is 8.37. The Bertz CT molecular complexity index is 1080. The maximum Gasteiger partial charge on any atom is 0.341 e. The average Bonchev–Trinajstić information content (AvgIpc) is 3.27. The Morgan fingerprint density at radius 1 is 1.45 bits per heavy atom. The third kappa shape index (κ3) is 2.99. The molecule has 4 atom stereocenters. The first-order chi connectivity index (χ1) is 13.6. The Balaban J connectivity index is 1.97. The topological polar surface area (TPSA) is 88.6 Å². The van der Waals surface area contributed by atoms with E-state index in [4.69, 9.17) is 5.73 Å². The number of carbonyl (C=O) groups is 1. The molecule has 1 aromatic heterocycles. The van der Waals surface area contributed by atoms with Crippen LogP contribution in [0.25, 0.3) is 10.9 Å². The lowest BCUT2D eigenvalue weighted by atomic mass is 9.92. The van der Waals surface area contributed by atoms with Gasteiger partial charge in [0.25, 0.3) is 0 Å². The molecule has 2 heterocycles. The van der Waals surface area contributed by atoms with Crippen molar-refractivity contribution in [2.45, 2.75) is 38.0 Å². The van der Waals surface area contributed by atoms with Crippen LogP contribution in [0.3, 0.4) is 0 Å². The highest BCUT2D eigenvalue weighted by Crippen LogP contribution is 2.43. The van der Waals surface area contributed by atoms with Crippen LogP contribution >= 0.6 is 0 Å². The normalized spacial score (nSPS) is 28.9.